The van der Waals surface area contributed by atoms with Crippen molar-refractivity contribution in [2.45, 2.75) is 13.1 Å². The molecule has 0 radical (unpaired) electrons. The van der Waals surface area contributed by atoms with Gasteiger partial charge in [-0.1, -0.05) is 12.1 Å². The predicted molar refractivity (Wildman–Crippen MR) is 56.2 cm³/mol. The van der Waals surface area contributed by atoms with E-state index in [1.807, 2.05) is 0 Å². The third-order valence-corrected chi connectivity index (χ3v) is 1.95. The normalized spacial score (nSPS) is 10.6. The first kappa shape index (κ1) is 12.4. The second-order valence-electron chi connectivity index (χ2n) is 3.03. The van der Waals surface area contributed by atoms with E-state index in [0.717, 1.165) is 0 Å². The summed E-state index contributed by atoms with van der Waals surface area (Å²) in [6, 6.07) is 5.69. The summed E-state index contributed by atoms with van der Waals surface area (Å²) in [5.74, 6) is 0.519. The van der Waals surface area contributed by atoms with Crippen molar-refractivity contribution in [2.24, 2.45) is 0 Å². The Morgan fingerprint density at radius 3 is 2.19 bits per heavy atom. The van der Waals surface area contributed by atoms with Crippen LogP contribution in [0.5, 0.6) is 5.75 Å². The summed E-state index contributed by atoms with van der Waals surface area (Å²) in [6.07, 6.45) is -3.16. The predicted octanol–water partition coefficient (Wildman–Crippen LogP) is 3.82. The van der Waals surface area contributed by atoms with Crippen LogP contribution in [0.3, 0.4) is 0 Å². The molecule has 0 aliphatic carbocycles. The van der Waals surface area contributed by atoms with Crippen LogP contribution in [0.2, 0.25) is 0 Å². The zero-order valence-corrected chi connectivity index (χ0v) is 8.93. The van der Waals surface area contributed by atoms with E-state index in [0.29, 0.717) is 5.75 Å². The van der Waals surface area contributed by atoms with Gasteiger partial charge in [-0.25, -0.2) is 0 Å². The number of rotatable bonds is 2. The Balaban J connectivity index is 3.19. The minimum Gasteiger partial charge on any atom is -0.497 e. The minimum atomic E-state index is -4.40. The van der Waals surface area contributed by atoms with Gasteiger partial charge < -0.3 is 4.74 Å². The molecule has 0 bridgehead atoms. The lowest BCUT2D eigenvalue weighted by atomic mass is 10.1. The monoisotopic (exact) mass is 228 g/mol. The molecule has 0 N–H and O–H groups in total. The summed E-state index contributed by atoms with van der Waals surface area (Å²) in [5.41, 5.74) is 1.50. The molecule has 0 saturated carbocycles. The lowest BCUT2D eigenvalue weighted by Gasteiger charge is -2.09. The first-order valence-corrected chi connectivity index (χ1v) is 4.62. The van der Waals surface area contributed by atoms with E-state index in [2.05, 4.69) is 5.73 Å². The standard InChI is InChI=1S/C12H11F3O/c1-3-4-11(12(13,14)15)9-5-7-10(16-2)8-6-9/h3,5-8H,1-2H3. The van der Waals surface area contributed by atoms with Gasteiger partial charge in [-0.05, 0) is 30.7 Å². The molecule has 0 aliphatic heterocycles. The molecular weight excluding hydrogens is 217 g/mol. The van der Waals surface area contributed by atoms with Crippen molar-refractivity contribution in [3.63, 3.8) is 0 Å². The number of alkyl halides is 3. The van der Waals surface area contributed by atoms with Crippen molar-refractivity contribution in [3.05, 3.63) is 41.6 Å². The maximum atomic E-state index is 12.6. The van der Waals surface area contributed by atoms with E-state index in [1.54, 1.807) is 0 Å². The van der Waals surface area contributed by atoms with Crippen LogP contribution in [0, 0.1) is 0 Å². The van der Waals surface area contributed by atoms with E-state index >= 15 is 0 Å². The van der Waals surface area contributed by atoms with Crippen LogP contribution in [0.25, 0.3) is 5.57 Å². The van der Waals surface area contributed by atoms with Crippen molar-refractivity contribution in [2.75, 3.05) is 7.11 Å². The molecule has 16 heavy (non-hydrogen) atoms. The average Bonchev–Trinajstić information content (AvgIpc) is 2.25. The van der Waals surface area contributed by atoms with E-state index < -0.39 is 11.7 Å². The van der Waals surface area contributed by atoms with Crippen molar-refractivity contribution < 1.29 is 17.9 Å². The minimum absolute atomic E-state index is 0.0754. The van der Waals surface area contributed by atoms with Gasteiger partial charge >= 0.3 is 6.18 Å². The zero-order chi connectivity index (χ0) is 12.2. The van der Waals surface area contributed by atoms with Gasteiger partial charge in [0.2, 0.25) is 0 Å². The number of allylic oxidation sites excluding steroid dienone is 1. The Bertz CT molecular complexity index is 409. The van der Waals surface area contributed by atoms with Crippen molar-refractivity contribution in [1.82, 2.24) is 0 Å². The van der Waals surface area contributed by atoms with Crippen LogP contribution in [-0.2, 0) is 0 Å². The quantitative estimate of drug-likeness (QED) is 0.699. The second-order valence-corrected chi connectivity index (χ2v) is 3.03. The molecule has 0 amide bonds. The largest absolute Gasteiger partial charge is 0.497 e. The van der Waals surface area contributed by atoms with Gasteiger partial charge in [0, 0.05) is 0 Å². The topological polar surface area (TPSA) is 9.23 Å². The maximum absolute atomic E-state index is 12.6. The Morgan fingerprint density at radius 2 is 1.81 bits per heavy atom. The van der Waals surface area contributed by atoms with Crippen LogP contribution in [-0.4, -0.2) is 13.3 Å². The molecule has 1 aromatic carbocycles. The van der Waals surface area contributed by atoms with Crippen molar-refractivity contribution in [3.8, 4) is 5.75 Å². The first-order valence-electron chi connectivity index (χ1n) is 4.62. The SMILES string of the molecule is CC=C=C(c1ccc(OC)cc1)C(F)(F)F. The van der Waals surface area contributed by atoms with E-state index in [4.69, 9.17) is 4.74 Å². The molecule has 0 saturated heterocycles. The Labute approximate surface area is 91.9 Å². The molecule has 86 valence electrons. The molecule has 0 aliphatic rings. The van der Waals surface area contributed by atoms with Crippen LogP contribution in [0.15, 0.2) is 36.1 Å². The Morgan fingerprint density at radius 1 is 1.25 bits per heavy atom. The second kappa shape index (κ2) is 4.90. The van der Waals surface area contributed by atoms with Gasteiger partial charge in [-0.3, -0.25) is 0 Å². The van der Waals surface area contributed by atoms with Gasteiger partial charge in [0.05, 0.1) is 7.11 Å². The number of halogens is 3. The van der Waals surface area contributed by atoms with Crippen LogP contribution < -0.4 is 4.74 Å². The Kier molecular flexibility index (Phi) is 3.80. The molecule has 4 heteroatoms. The van der Waals surface area contributed by atoms with Crippen molar-refractivity contribution in [1.29, 1.82) is 0 Å². The smallest absolute Gasteiger partial charge is 0.424 e. The van der Waals surface area contributed by atoms with Gasteiger partial charge in [0.15, 0.2) is 0 Å². The molecule has 0 unspecified atom stereocenters. The molecule has 0 fully saturated rings. The van der Waals surface area contributed by atoms with Crippen molar-refractivity contribution >= 4 is 5.57 Å². The summed E-state index contributed by atoms with van der Waals surface area (Å²) in [7, 11) is 1.46. The summed E-state index contributed by atoms with van der Waals surface area (Å²) in [4.78, 5) is 0. The number of hydrogen-bond donors (Lipinski definition) is 0. The fourth-order valence-electron chi connectivity index (χ4n) is 1.23. The zero-order valence-electron chi connectivity index (χ0n) is 8.93. The highest BCUT2D eigenvalue weighted by Crippen LogP contribution is 2.33. The third kappa shape index (κ3) is 2.91. The van der Waals surface area contributed by atoms with Crippen LogP contribution in [0.4, 0.5) is 13.2 Å². The average molecular weight is 228 g/mol. The Hall–Kier alpha value is -1.67. The summed E-state index contributed by atoms with van der Waals surface area (Å²) >= 11 is 0. The molecule has 1 nitrogen and oxygen atoms in total. The lowest BCUT2D eigenvalue weighted by molar-refractivity contribution is -0.0687. The molecule has 0 aromatic heterocycles. The number of ether oxygens (including phenoxy) is 1. The number of hydrogen-bond acceptors (Lipinski definition) is 1. The van der Waals surface area contributed by atoms with Gasteiger partial charge in [-0.15, -0.1) is 5.73 Å². The summed E-state index contributed by atoms with van der Waals surface area (Å²) in [5, 5.41) is 0. The molecular formula is C12H11F3O. The van der Waals surface area contributed by atoms with Gasteiger partial charge in [0.25, 0.3) is 0 Å². The van der Waals surface area contributed by atoms with Gasteiger partial charge in [-0.2, -0.15) is 13.2 Å². The van der Waals surface area contributed by atoms with E-state index in [9.17, 15) is 13.2 Å². The lowest BCUT2D eigenvalue weighted by Crippen LogP contribution is -2.09. The summed E-state index contributed by atoms with van der Waals surface area (Å²) in [6.45, 7) is 1.50. The molecule has 0 heterocycles. The van der Waals surface area contributed by atoms with E-state index in [1.165, 1.54) is 44.4 Å². The molecule has 1 aromatic rings. The fourth-order valence-corrected chi connectivity index (χ4v) is 1.23. The molecule has 0 atom stereocenters. The van der Waals surface area contributed by atoms with E-state index in [-0.39, 0.29) is 5.56 Å². The van der Waals surface area contributed by atoms with Crippen LogP contribution in [0.1, 0.15) is 12.5 Å². The molecule has 0 spiro atoms. The maximum Gasteiger partial charge on any atom is 0.424 e. The highest BCUT2D eigenvalue weighted by Gasteiger charge is 2.34. The number of methoxy groups -OCH3 is 1. The van der Waals surface area contributed by atoms with Gasteiger partial charge in [0.1, 0.15) is 11.3 Å². The fraction of sp³-hybridized carbons (Fsp3) is 0.250. The number of benzene rings is 1. The highest BCUT2D eigenvalue weighted by atomic mass is 19.4. The van der Waals surface area contributed by atoms with Crippen LogP contribution >= 0.6 is 0 Å². The molecule has 1 rings (SSSR count). The first-order chi connectivity index (χ1) is 7.49. The summed E-state index contributed by atoms with van der Waals surface area (Å²) < 4.78 is 42.7. The third-order valence-electron chi connectivity index (χ3n) is 1.95. The highest BCUT2D eigenvalue weighted by molar-refractivity contribution is 5.69.